The third kappa shape index (κ3) is 5.40. The molecule has 1 amide bonds. The SMILES string of the molecule is COCCC(=O)N[C@@]1(C)C[C@@H](c2ccc(F)cc2)O[C@@H](c2ccc(Br)cc2)C1. The van der Waals surface area contributed by atoms with Gasteiger partial charge in [-0.05, 0) is 42.3 Å². The quantitative estimate of drug-likeness (QED) is 0.667. The van der Waals surface area contributed by atoms with Crippen molar-refractivity contribution in [3.63, 3.8) is 0 Å². The number of nitrogens with one attached hydrogen (secondary N) is 1. The lowest BCUT2D eigenvalue weighted by molar-refractivity contribution is -0.129. The maximum absolute atomic E-state index is 13.4. The highest BCUT2D eigenvalue weighted by molar-refractivity contribution is 9.10. The van der Waals surface area contributed by atoms with E-state index in [9.17, 15) is 9.18 Å². The molecular weight excluding hydrogens is 425 g/mol. The van der Waals surface area contributed by atoms with E-state index in [0.29, 0.717) is 25.9 Å². The summed E-state index contributed by atoms with van der Waals surface area (Å²) in [7, 11) is 1.58. The number of halogens is 2. The fraction of sp³-hybridized carbons (Fsp3) is 0.409. The van der Waals surface area contributed by atoms with Crippen molar-refractivity contribution in [3.8, 4) is 0 Å². The maximum atomic E-state index is 13.4. The minimum absolute atomic E-state index is 0.0429. The monoisotopic (exact) mass is 449 g/mol. The van der Waals surface area contributed by atoms with Gasteiger partial charge >= 0.3 is 0 Å². The van der Waals surface area contributed by atoms with E-state index in [-0.39, 0.29) is 23.9 Å². The molecule has 0 saturated carbocycles. The Hall–Kier alpha value is -1.76. The smallest absolute Gasteiger partial charge is 0.222 e. The van der Waals surface area contributed by atoms with E-state index in [1.54, 1.807) is 19.2 Å². The van der Waals surface area contributed by atoms with Gasteiger partial charge in [0.2, 0.25) is 5.91 Å². The van der Waals surface area contributed by atoms with Crippen molar-refractivity contribution >= 4 is 21.8 Å². The molecule has 6 heteroatoms. The average molecular weight is 450 g/mol. The first-order chi connectivity index (χ1) is 13.4. The van der Waals surface area contributed by atoms with Gasteiger partial charge in [0.15, 0.2) is 0 Å². The standard InChI is InChI=1S/C22H25BrFNO3/c1-22(25-21(26)11-12-27-2)13-19(15-3-7-17(23)8-4-15)28-20(14-22)16-5-9-18(24)10-6-16/h3-10,19-20H,11-14H2,1-2H3,(H,25,26)/t19-,20+,22-/m1/s1. The number of amides is 1. The van der Waals surface area contributed by atoms with Gasteiger partial charge in [-0.25, -0.2) is 4.39 Å². The molecular formula is C22H25BrFNO3. The molecule has 1 N–H and O–H groups in total. The number of benzene rings is 2. The molecule has 3 rings (SSSR count). The van der Waals surface area contributed by atoms with Crippen LogP contribution in [-0.4, -0.2) is 25.2 Å². The summed E-state index contributed by atoms with van der Waals surface area (Å²) in [5.74, 6) is -0.321. The fourth-order valence-electron chi connectivity index (χ4n) is 3.64. The zero-order valence-electron chi connectivity index (χ0n) is 16.1. The molecule has 0 unspecified atom stereocenters. The van der Waals surface area contributed by atoms with Gasteiger partial charge in [0.25, 0.3) is 0 Å². The highest BCUT2D eigenvalue weighted by Crippen LogP contribution is 2.43. The summed E-state index contributed by atoms with van der Waals surface area (Å²) in [5.41, 5.74) is 1.51. The summed E-state index contributed by atoms with van der Waals surface area (Å²) in [6.07, 6.45) is 1.17. The summed E-state index contributed by atoms with van der Waals surface area (Å²) in [4.78, 5) is 12.4. The Kier molecular flexibility index (Phi) is 6.86. The number of hydrogen-bond donors (Lipinski definition) is 1. The molecule has 150 valence electrons. The molecule has 1 aliphatic rings. The second-order valence-corrected chi connectivity index (χ2v) is 8.39. The van der Waals surface area contributed by atoms with Gasteiger partial charge in [-0.15, -0.1) is 0 Å². The highest BCUT2D eigenvalue weighted by Gasteiger charge is 2.40. The first-order valence-electron chi connectivity index (χ1n) is 9.35. The maximum Gasteiger partial charge on any atom is 0.222 e. The molecule has 2 aromatic rings. The van der Waals surface area contributed by atoms with Gasteiger partial charge in [-0.3, -0.25) is 4.79 Å². The van der Waals surface area contributed by atoms with E-state index >= 15 is 0 Å². The number of hydrogen-bond acceptors (Lipinski definition) is 3. The lowest BCUT2D eigenvalue weighted by Crippen LogP contribution is -2.51. The molecule has 4 nitrogen and oxygen atoms in total. The van der Waals surface area contributed by atoms with E-state index in [4.69, 9.17) is 9.47 Å². The van der Waals surface area contributed by atoms with Crippen molar-refractivity contribution in [1.82, 2.24) is 5.32 Å². The van der Waals surface area contributed by atoms with Crippen LogP contribution in [-0.2, 0) is 14.3 Å². The number of rotatable bonds is 6. The van der Waals surface area contributed by atoms with Crippen LogP contribution in [0.2, 0.25) is 0 Å². The summed E-state index contributed by atoms with van der Waals surface area (Å²) in [6, 6.07) is 14.4. The van der Waals surface area contributed by atoms with Crippen molar-refractivity contribution < 1.29 is 18.7 Å². The van der Waals surface area contributed by atoms with Crippen LogP contribution in [0.4, 0.5) is 4.39 Å². The fourth-order valence-corrected chi connectivity index (χ4v) is 3.90. The predicted octanol–water partition coefficient (Wildman–Crippen LogP) is 5.09. The van der Waals surface area contributed by atoms with Crippen LogP contribution in [0.1, 0.15) is 49.5 Å². The van der Waals surface area contributed by atoms with Gasteiger partial charge in [0, 0.05) is 36.4 Å². The Bertz CT molecular complexity index is 741. The molecule has 0 aliphatic carbocycles. The summed E-state index contributed by atoms with van der Waals surface area (Å²) in [5, 5.41) is 3.17. The molecule has 1 fully saturated rings. The minimum Gasteiger partial charge on any atom is -0.384 e. The van der Waals surface area contributed by atoms with Crippen LogP contribution in [0.25, 0.3) is 0 Å². The highest BCUT2D eigenvalue weighted by atomic mass is 79.9. The van der Waals surface area contributed by atoms with Crippen LogP contribution in [0, 0.1) is 5.82 Å². The van der Waals surface area contributed by atoms with Crippen molar-refractivity contribution in [2.45, 2.75) is 43.9 Å². The molecule has 1 saturated heterocycles. The lowest BCUT2D eigenvalue weighted by atomic mass is 9.81. The van der Waals surface area contributed by atoms with Crippen LogP contribution in [0.15, 0.2) is 53.0 Å². The average Bonchev–Trinajstić information content (AvgIpc) is 2.66. The molecule has 0 radical (unpaired) electrons. The van der Waals surface area contributed by atoms with Crippen LogP contribution in [0.5, 0.6) is 0 Å². The van der Waals surface area contributed by atoms with Crippen molar-refractivity contribution in [3.05, 3.63) is 69.9 Å². The molecule has 0 spiro atoms. The van der Waals surface area contributed by atoms with Crippen LogP contribution < -0.4 is 5.32 Å². The normalized spacial score (nSPS) is 24.7. The lowest BCUT2D eigenvalue weighted by Gasteiger charge is -2.43. The summed E-state index contributed by atoms with van der Waals surface area (Å²) in [6.45, 7) is 2.43. The third-order valence-electron chi connectivity index (χ3n) is 5.06. The van der Waals surface area contributed by atoms with E-state index < -0.39 is 5.54 Å². The molecule has 2 aromatic carbocycles. The first-order valence-corrected chi connectivity index (χ1v) is 10.1. The van der Waals surface area contributed by atoms with Gasteiger partial charge in [-0.1, -0.05) is 40.2 Å². The first kappa shape index (κ1) is 21.0. The van der Waals surface area contributed by atoms with E-state index in [0.717, 1.165) is 15.6 Å². The number of methoxy groups -OCH3 is 1. The van der Waals surface area contributed by atoms with Crippen LogP contribution in [0.3, 0.4) is 0 Å². The summed E-state index contributed by atoms with van der Waals surface area (Å²) < 4.78 is 25.8. The van der Waals surface area contributed by atoms with E-state index in [1.807, 2.05) is 31.2 Å². The Morgan fingerprint density at radius 2 is 1.68 bits per heavy atom. The predicted molar refractivity (Wildman–Crippen MR) is 109 cm³/mol. The van der Waals surface area contributed by atoms with E-state index in [2.05, 4.69) is 21.2 Å². The van der Waals surface area contributed by atoms with Gasteiger partial charge < -0.3 is 14.8 Å². The topological polar surface area (TPSA) is 47.6 Å². The Morgan fingerprint density at radius 1 is 1.14 bits per heavy atom. The van der Waals surface area contributed by atoms with Crippen LogP contribution >= 0.6 is 15.9 Å². The Morgan fingerprint density at radius 3 is 2.21 bits per heavy atom. The van der Waals surface area contributed by atoms with Gasteiger partial charge in [-0.2, -0.15) is 0 Å². The Labute approximate surface area is 173 Å². The van der Waals surface area contributed by atoms with Crippen molar-refractivity contribution in [2.75, 3.05) is 13.7 Å². The number of carbonyl (C=O) groups excluding carboxylic acids is 1. The zero-order valence-corrected chi connectivity index (χ0v) is 17.7. The van der Waals surface area contributed by atoms with Gasteiger partial charge in [0.05, 0.1) is 18.8 Å². The number of carbonyl (C=O) groups is 1. The molecule has 28 heavy (non-hydrogen) atoms. The molecule has 1 aliphatic heterocycles. The largest absolute Gasteiger partial charge is 0.384 e. The molecule has 0 aromatic heterocycles. The third-order valence-corrected chi connectivity index (χ3v) is 5.59. The second kappa shape index (κ2) is 9.16. The van der Waals surface area contributed by atoms with E-state index in [1.165, 1.54) is 12.1 Å². The number of ether oxygens (including phenoxy) is 2. The second-order valence-electron chi connectivity index (χ2n) is 7.48. The van der Waals surface area contributed by atoms with Crippen molar-refractivity contribution in [1.29, 1.82) is 0 Å². The zero-order chi connectivity index (χ0) is 20.1. The molecule has 0 bridgehead atoms. The Balaban J connectivity index is 1.85. The van der Waals surface area contributed by atoms with Crippen molar-refractivity contribution in [2.24, 2.45) is 0 Å². The van der Waals surface area contributed by atoms with Gasteiger partial charge in [0.1, 0.15) is 5.82 Å². The summed E-state index contributed by atoms with van der Waals surface area (Å²) >= 11 is 3.46. The molecule has 1 heterocycles. The minimum atomic E-state index is -0.445. The molecule has 3 atom stereocenters.